The topological polar surface area (TPSA) is 48.9 Å². The van der Waals surface area contributed by atoms with Crippen molar-refractivity contribution in [2.75, 3.05) is 54.0 Å². The molecule has 0 fully saturated rings. The van der Waals surface area contributed by atoms with Crippen LogP contribution in [0, 0.1) is 0 Å². The summed E-state index contributed by atoms with van der Waals surface area (Å²) in [4.78, 5) is 6.50. The average molecular weight is 315 g/mol. The minimum atomic E-state index is 0.811. The highest BCUT2D eigenvalue weighted by atomic mass is 16.5. The molecule has 0 aliphatic heterocycles. The highest BCUT2D eigenvalue weighted by Crippen LogP contribution is 2.02. The second-order valence-corrected chi connectivity index (χ2v) is 5.90. The SMILES string of the molecule is CCOCCCCNC(=NC)NCCCCCCCN(C)C. The number of ether oxygens (including phenoxy) is 1. The van der Waals surface area contributed by atoms with E-state index in [0.29, 0.717) is 0 Å². The summed E-state index contributed by atoms with van der Waals surface area (Å²) in [7, 11) is 6.11. The summed E-state index contributed by atoms with van der Waals surface area (Å²) in [5.74, 6) is 0.920. The first-order chi connectivity index (χ1) is 10.7. The number of rotatable bonds is 14. The molecule has 0 aromatic heterocycles. The normalized spacial score (nSPS) is 12.0. The number of guanidine groups is 1. The van der Waals surface area contributed by atoms with E-state index in [-0.39, 0.29) is 0 Å². The molecule has 22 heavy (non-hydrogen) atoms. The maximum atomic E-state index is 5.32. The van der Waals surface area contributed by atoms with Gasteiger partial charge in [-0.3, -0.25) is 4.99 Å². The Bertz CT molecular complexity index is 257. The Hall–Kier alpha value is -0.810. The molecular formula is C17H38N4O. The molecule has 0 aromatic carbocycles. The van der Waals surface area contributed by atoms with Gasteiger partial charge in [-0.1, -0.05) is 19.3 Å². The molecule has 0 aliphatic rings. The fraction of sp³-hybridized carbons (Fsp3) is 0.941. The third-order valence-electron chi connectivity index (χ3n) is 3.51. The Morgan fingerprint density at radius 1 is 0.909 bits per heavy atom. The Labute approximate surface area is 137 Å². The van der Waals surface area contributed by atoms with Crippen LogP contribution in [0.1, 0.15) is 51.9 Å². The third-order valence-corrected chi connectivity index (χ3v) is 3.51. The van der Waals surface area contributed by atoms with Gasteiger partial charge in [0.15, 0.2) is 5.96 Å². The Kier molecular flexibility index (Phi) is 15.9. The molecule has 0 unspecified atom stereocenters. The monoisotopic (exact) mass is 314 g/mol. The highest BCUT2D eigenvalue weighted by Gasteiger charge is 1.97. The Morgan fingerprint density at radius 3 is 2.09 bits per heavy atom. The molecule has 0 rings (SSSR count). The maximum absolute atomic E-state index is 5.32. The minimum absolute atomic E-state index is 0.811. The third kappa shape index (κ3) is 15.6. The summed E-state index contributed by atoms with van der Waals surface area (Å²) in [5.41, 5.74) is 0. The van der Waals surface area contributed by atoms with Gasteiger partial charge in [0.05, 0.1) is 0 Å². The number of aliphatic imine (C=N–C) groups is 1. The van der Waals surface area contributed by atoms with Crippen molar-refractivity contribution in [2.24, 2.45) is 4.99 Å². The number of unbranched alkanes of at least 4 members (excludes halogenated alkanes) is 5. The van der Waals surface area contributed by atoms with Crippen LogP contribution in [-0.4, -0.2) is 64.9 Å². The molecule has 0 aliphatic carbocycles. The fourth-order valence-electron chi connectivity index (χ4n) is 2.19. The van der Waals surface area contributed by atoms with Gasteiger partial charge in [-0.15, -0.1) is 0 Å². The molecular weight excluding hydrogens is 276 g/mol. The molecule has 2 N–H and O–H groups in total. The van der Waals surface area contributed by atoms with E-state index in [4.69, 9.17) is 4.74 Å². The predicted octanol–water partition coefficient (Wildman–Crippen LogP) is 2.48. The molecule has 0 bridgehead atoms. The zero-order valence-corrected chi connectivity index (χ0v) is 15.3. The van der Waals surface area contributed by atoms with Crippen molar-refractivity contribution in [3.8, 4) is 0 Å². The average Bonchev–Trinajstić information content (AvgIpc) is 2.50. The number of nitrogens with one attached hydrogen (secondary N) is 2. The first-order valence-corrected chi connectivity index (χ1v) is 8.87. The van der Waals surface area contributed by atoms with Crippen LogP contribution in [0.15, 0.2) is 4.99 Å². The van der Waals surface area contributed by atoms with E-state index in [0.717, 1.165) is 45.1 Å². The molecule has 0 aromatic rings. The van der Waals surface area contributed by atoms with Crippen LogP contribution < -0.4 is 10.6 Å². The van der Waals surface area contributed by atoms with Crippen LogP contribution >= 0.6 is 0 Å². The van der Waals surface area contributed by atoms with E-state index in [1.165, 1.54) is 38.6 Å². The predicted molar refractivity (Wildman–Crippen MR) is 96.7 cm³/mol. The van der Waals surface area contributed by atoms with E-state index in [1.807, 2.05) is 14.0 Å². The lowest BCUT2D eigenvalue weighted by atomic mass is 10.1. The second kappa shape index (κ2) is 16.6. The highest BCUT2D eigenvalue weighted by molar-refractivity contribution is 5.79. The molecule has 5 heteroatoms. The van der Waals surface area contributed by atoms with Crippen LogP contribution in [0.3, 0.4) is 0 Å². The number of hydrogen-bond donors (Lipinski definition) is 2. The second-order valence-electron chi connectivity index (χ2n) is 5.90. The summed E-state index contributed by atoms with van der Waals surface area (Å²) in [6, 6.07) is 0. The molecule has 0 spiro atoms. The lowest BCUT2D eigenvalue weighted by Crippen LogP contribution is -2.38. The molecule has 0 amide bonds. The van der Waals surface area contributed by atoms with Crippen LogP contribution in [0.2, 0.25) is 0 Å². The van der Waals surface area contributed by atoms with E-state index < -0.39 is 0 Å². The Morgan fingerprint density at radius 2 is 1.50 bits per heavy atom. The van der Waals surface area contributed by atoms with Crippen LogP contribution in [0.4, 0.5) is 0 Å². The van der Waals surface area contributed by atoms with Crippen molar-refractivity contribution < 1.29 is 4.74 Å². The molecule has 0 saturated carbocycles. The molecule has 0 atom stereocenters. The van der Waals surface area contributed by atoms with Crippen molar-refractivity contribution in [2.45, 2.75) is 51.9 Å². The van der Waals surface area contributed by atoms with Gasteiger partial charge in [-0.05, 0) is 53.2 Å². The van der Waals surface area contributed by atoms with Crippen molar-refractivity contribution in [1.82, 2.24) is 15.5 Å². The first kappa shape index (κ1) is 21.2. The quantitative estimate of drug-likeness (QED) is 0.294. The summed E-state index contributed by atoms with van der Waals surface area (Å²) in [6.45, 7) is 6.87. The van der Waals surface area contributed by atoms with Crippen molar-refractivity contribution in [1.29, 1.82) is 0 Å². The van der Waals surface area contributed by atoms with Gasteiger partial charge in [0.25, 0.3) is 0 Å². The molecule has 0 radical (unpaired) electrons. The van der Waals surface area contributed by atoms with Crippen molar-refractivity contribution in [3.05, 3.63) is 0 Å². The van der Waals surface area contributed by atoms with Crippen molar-refractivity contribution in [3.63, 3.8) is 0 Å². The molecule has 0 heterocycles. The summed E-state index contributed by atoms with van der Waals surface area (Å²) in [6.07, 6.45) is 8.71. The number of hydrogen-bond acceptors (Lipinski definition) is 3. The van der Waals surface area contributed by atoms with E-state index in [2.05, 4.69) is 34.6 Å². The minimum Gasteiger partial charge on any atom is -0.382 e. The molecule has 5 nitrogen and oxygen atoms in total. The van der Waals surface area contributed by atoms with E-state index in [1.54, 1.807) is 0 Å². The smallest absolute Gasteiger partial charge is 0.190 e. The largest absolute Gasteiger partial charge is 0.382 e. The van der Waals surface area contributed by atoms with Gasteiger partial charge in [0.2, 0.25) is 0 Å². The zero-order chi connectivity index (χ0) is 16.5. The summed E-state index contributed by atoms with van der Waals surface area (Å²) >= 11 is 0. The van der Waals surface area contributed by atoms with Gasteiger partial charge in [-0.2, -0.15) is 0 Å². The van der Waals surface area contributed by atoms with Crippen LogP contribution in [0.5, 0.6) is 0 Å². The van der Waals surface area contributed by atoms with Crippen LogP contribution in [-0.2, 0) is 4.74 Å². The summed E-state index contributed by atoms with van der Waals surface area (Å²) < 4.78 is 5.32. The summed E-state index contributed by atoms with van der Waals surface area (Å²) in [5, 5.41) is 6.73. The lowest BCUT2D eigenvalue weighted by Gasteiger charge is -2.12. The zero-order valence-electron chi connectivity index (χ0n) is 15.3. The van der Waals surface area contributed by atoms with Gasteiger partial charge in [-0.25, -0.2) is 0 Å². The fourth-order valence-corrected chi connectivity index (χ4v) is 2.19. The molecule has 132 valence electrons. The Balaban J connectivity index is 3.36. The van der Waals surface area contributed by atoms with E-state index >= 15 is 0 Å². The van der Waals surface area contributed by atoms with E-state index in [9.17, 15) is 0 Å². The van der Waals surface area contributed by atoms with Gasteiger partial charge < -0.3 is 20.3 Å². The number of nitrogens with zero attached hydrogens (tertiary/aromatic N) is 2. The lowest BCUT2D eigenvalue weighted by molar-refractivity contribution is 0.143. The van der Waals surface area contributed by atoms with Crippen molar-refractivity contribution >= 4 is 5.96 Å². The van der Waals surface area contributed by atoms with Gasteiger partial charge in [0, 0.05) is 33.4 Å². The van der Waals surface area contributed by atoms with Gasteiger partial charge in [0.1, 0.15) is 0 Å². The van der Waals surface area contributed by atoms with Gasteiger partial charge >= 0.3 is 0 Å². The molecule has 0 saturated heterocycles. The first-order valence-electron chi connectivity index (χ1n) is 8.87. The maximum Gasteiger partial charge on any atom is 0.190 e. The van der Waals surface area contributed by atoms with Crippen LogP contribution in [0.25, 0.3) is 0 Å². The standard InChI is InChI=1S/C17H38N4O/c1-5-22-16-12-10-14-20-17(18-2)19-13-9-7-6-8-11-15-21(3)4/h5-16H2,1-4H3,(H2,18,19,20).